The van der Waals surface area contributed by atoms with Crippen LogP contribution >= 0.6 is 11.8 Å². The van der Waals surface area contributed by atoms with E-state index in [4.69, 9.17) is 37.9 Å². The van der Waals surface area contributed by atoms with Gasteiger partial charge in [0.05, 0.1) is 17.5 Å². The number of hydrogen-bond acceptors (Lipinski definition) is 14. The zero-order valence-corrected chi connectivity index (χ0v) is 23.5. The van der Waals surface area contributed by atoms with Gasteiger partial charge in [-0.05, 0) is 6.42 Å². The first-order valence-electron chi connectivity index (χ1n) is 12.4. The lowest BCUT2D eigenvalue weighted by atomic mass is 9.94. The predicted octanol–water partition coefficient (Wildman–Crippen LogP) is -0.162. The first-order valence-corrected chi connectivity index (χ1v) is 13.3. The number of fused-ring (bicyclic) bond motifs is 2. The van der Waals surface area contributed by atoms with Crippen molar-refractivity contribution in [3.05, 3.63) is 0 Å². The Morgan fingerprint density at radius 1 is 0.872 bits per heavy atom. The van der Waals surface area contributed by atoms with Gasteiger partial charge in [0.15, 0.2) is 24.6 Å². The Labute approximate surface area is 230 Å². The van der Waals surface area contributed by atoms with Gasteiger partial charge in [-0.2, -0.15) is 0 Å². The third kappa shape index (κ3) is 7.81. The zero-order valence-electron chi connectivity index (χ0n) is 22.7. The molecule has 0 aromatic rings. The number of nitrogens with one attached hydrogen (secondary N) is 1. The van der Waals surface area contributed by atoms with E-state index in [1.807, 2.05) is 0 Å². The van der Waals surface area contributed by atoms with Gasteiger partial charge in [0.2, 0.25) is 5.91 Å². The Morgan fingerprint density at radius 3 is 2.05 bits per heavy atom. The molecule has 3 heterocycles. The Bertz CT molecular complexity index is 947. The Morgan fingerprint density at radius 2 is 1.49 bits per heavy atom. The van der Waals surface area contributed by atoms with E-state index in [9.17, 15) is 24.0 Å². The highest BCUT2D eigenvalue weighted by Crippen LogP contribution is 2.49. The molecule has 15 heteroatoms. The minimum Gasteiger partial charge on any atom is -0.463 e. The van der Waals surface area contributed by atoms with Gasteiger partial charge in [-0.1, -0.05) is 0 Å². The van der Waals surface area contributed by atoms with Crippen LogP contribution in [0.4, 0.5) is 0 Å². The molecule has 9 atom stereocenters. The fourth-order valence-corrected chi connectivity index (χ4v) is 6.44. The van der Waals surface area contributed by atoms with E-state index in [0.29, 0.717) is 6.42 Å². The average molecular weight is 578 g/mol. The van der Waals surface area contributed by atoms with Gasteiger partial charge in [-0.25, -0.2) is 0 Å². The maximum absolute atomic E-state index is 12.2. The van der Waals surface area contributed by atoms with Crippen LogP contribution in [0.3, 0.4) is 0 Å². The number of amides is 1. The van der Waals surface area contributed by atoms with E-state index < -0.39 is 70.9 Å². The molecule has 3 saturated heterocycles. The molecule has 39 heavy (non-hydrogen) atoms. The number of carbonyl (C=O) groups is 5. The SMILES string of the molecule is CO[C@H]1C[C@](CNC(C)=O)(S[C@@H]2O[C@H](COC(C)=O)[C@@H](OC(C)=O)[C@H](OC(C)=O)[C@H]2OC(C)=O)C2OC[C@H]1O2. The average Bonchev–Trinajstić information content (AvgIpc) is 3.28. The summed E-state index contributed by atoms with van der Waals surface area (Å²) in [4.78, 5) is 59.8. The lowest BCUT2D eigenvalue weighted by molar-refractivity contribution is -0.238. The fourth-order valence-electron chi connectivity index (χ4n) is 4.78. The summed E-state index contributed by atoms with van der Waals surface area (Å²) in [5.41, 5.74) is -1.08. The maximum Gasteiger partial charge on any atom is 0.303 e. The molecular formula is C24H35NO13S. The van der Waals surface area contributed by atoms with Crippen molar-refractivity contribution in [2.24, 2.45) is 0 Å². The molecule has 3 rings (SSSR count). The molecule has 0 aliphatic carbocycles. The molecule has 3 aliphatic rings. The van der Waals surface area contributed by atoms with E-state index in [-0.39, 0.29) is 31.8 Å². The molecule has 1 unspecified atom stereocenters. The lowest BCUT2D eigenvalue weighted by Gasteiger charge is -2.49. The van der Waals surface area contributed by atoms with Crippen molar-refractivity contribution in [1.29, 1.82) is 0 Å². The van der Waals surface area contributed by atoms with Crippen LogP contribution in [0.1, 0.15) is 41.0 Å². The fraction of sp³-hybridized carbons (Fsp3) is 0.792. The molecule has 3 aliphatic heterocycles. The maximum atomic E-state index is 12.2. The molecule has 1 amide bonds. The minimum absolute atomic E-state index is 0.0666. The van der Waals surface area contributed by atoms with Crippen LogP contribution in [-0.4, -0.2) is 110 Å². The van der Waals surface area contributed by atoms with Crippen LogP contribution in [0.5, 0.6) is 0 Å². The molecule has 0 saturated carbocycles. The summed E-state index contributed by atoms with van der Waals surface area (Å²) in [6.07, 6.45) is -6.13. The molecule has 1 N–H and O–H groups in total. The zero-order chi connectivity index (χ0) is 28.9. The molecule has 3 fully saturated rings. The Balaban J connectivity index is 2.04. The lowest BCUT2D eigenvalue weighted by Crippen LogP contribution is -2.64. The van der Waals surface area contributed by atoms with Crippen LogP contribution in [0.2, 0.25) is 0 Å². The summed E-state index contributed by atoms with van der Waals surface area (Å²) >= 11 is 1.13. The first-order chi connectivity index (χ1) is 18.3. The third-order valence-electron chi connectivity index (χ3n) is 6.34. The van der Waals surface area contributed by atoms with Gasteiger partial charge in [0, 0.05) is 48.3 Å². The van der Waals surface area contributed by atoms with Crippen molar-refractivity contribution >= 4 is 41.5 Å². The predicted molar refractivity (Wildman–Crippen MR) is 131 cm³/mol. The van der Waals surface area contributed by atoms with E-state index in [1.54, 1.807) is 0 Å². The number of ether oxygens (including phenoxy) is 8. The van der Waals surface area contributed by atoms with Crippen molar-refractivity contribution in [2.45, 2.75) is 94.1 Å². The highest BCUT2D eigenvalue weighted by Gasteiger charge is 2.59. The summed E-state index contributed by atoms with van der Waals surface area (Å²) in [6.45, 7) is 6.01. The van der Waals surface area contributed by atoms with Crippen molar-refractivity contribution in [1.82, 2.24) is 5.32 Å². The van der Waals surface area contributed by atoms with Crippen LogP contribution in [0.15, 0.2) is 0 Å². The van der Waals surface area contributed by atoms with Crippen LogP contribution in [0, 0.1) is 0 Å². The largest absolute Gasteiger partial charge is 0.463 e. The monoisotopic (exact) mass is 577 g/mol. The molecule has 0 aromatic carbocycles. The van der Waals surface area contributed by atoms with E-state index in [0.717, 1.165) is 25.6 Å². The van der Waals surface area contributed by atoms with Crippen molar-refractivity contribution in [3.63, 3.8) is 0 Å². The van der Waals surface area contributed by atoms with E-state index in [1.165, 1.54) is 27.9 Å². The third-order valence-corrected chi connectivity index (χ3v) is 7.92. The summed E-state index contributed by atoms with van der Waals surface area (Å²) in [5.74, 6) is -3.09. The van der Waals surface area contributed by atoms with Gasteiger partial charge < -0.3 is 43.2 Å². The normalized spacial score (nSPS) is 35.4. The molecular weight excluding hydrogens is 542 g/mol. The van der Waals surface area contributed by atoms with Gasteiger partial charge in [-0.15, -0.1) is 11.8 Å². The van der Waals surface area contributed by atoms with E-state index in [2.05, 4.69) is 5.32 Å². The van der Waals surface area contributed by atoms with Crippen molar-refractivity contribution < 1.29 is 61.9 Å². The van der Waals surface area contributed by atoms with E-state index >= 15 is 0 Å². The second-order valence-corrected chi connectivity index (χ2v) is 11.0. The quantitative estimate of drug-likeness (QED) is 0.268. The molecule has 14 nitrogen and oxygen atoms in total. The standard InChI is InChI=1S/C24H35NO13S/c1-11(26)25-10-24(7-16(31-6)17-8-33-23(24)38-17)39-22-21(36-15(5)30)20(35-14(4)29)19(34-13(3)28)18(37-22)9-32-12(2)27/h16-23H,7-10H2,1-6H3,(H,25,26)/t16-,17+,18+,19+,20-,21+,22-,23?,24+/m0/s1. The second kappa shape index (κ2) is 13.3. The number of rotatable bonds is 10. The highest BCUT2D eigenvalue weighted by molar-refractivity contribution is 8.01. The number of thioether (sulfide) groups is 1. The van der Waals surface area contributed by atoms with Gasteiger partial charge in [-0.3, -0.25) is 24.0 Å². The molecule has 0 spiro atoms. The number of hydrogen-bond donors (Lipinski definition) is 1. The van der Waals surface area contributed by atoms with Gasteiger partial charge in [0.25, 0.3) is 0 Å². The van der Waals surface area contributed by atoms with Crippen LogP contribution in [0.25, 0.3) is 0 Å². The molecule has 0 radical (unpaired) electrons. The highest BCUT2D eigenvalue weighted by atomic mass is 32.2. The number of esters is 4. The molecule has 0 aromatic heterocycles. The molecule has 220 valence electrons. The van der Waals surface area contributed by atoms with Crippen LogP contribution < -0.4 is 5.32 Å². The van der Waals surface area contributed by atoms with Gasteiger partial charge in [0.1, 0.15) is 24.3 Å². The number of methoxy groups -OCH3 is 1. The van der Waals surface area contributed by atoms with Gasteiger partial charge >= 0.3 is 23.9 Å². The Hall–Kier alpha value is -2.46. The first kappa shape index (κ1) is 31.1. The summed E-state index contributed by atoms with van der Waals surface area (Å²) < 4.78 is 44.6. The summed E-state index contributed by atoms with van der Waals surface area (Å²) in [6, 6.07) is 0. The number of carbonyl (C=O) groups excluding carboxylic acids is 5. The van der Waals surface area contributed by atoms with Crippen molar-refractivity contribution in [2.75, 3.05) is 26.9 Å². The second-order valence-electron chi connectivity index (χ2n) is 9.48. The summed E-state index contributed by atoms with van der Waals surface area (Å²) in [5, 5.41) is 2.80. The minimum atomic E-state index is -1.32. The smallest absolute Gasteiger partial charge is 0.303 e. The van der Waals surface area contributed by atoms with Crippen LogP contribution in [-0.2, 0) is 61.9 Å². The molecule has 2 bridgehead atoms. The Kier molecular flexibility index (Phi) is 10.6. The summed E-state index contributed by atoms with van der Waals surface area (Å²) in [7, 11) is 1.54. The van der Waals surface area contributed by atoms with Crippen molar-refractivity contribution in [3.8, 4) is 0 Å². The topological polar surface area (TPSA) is 171 Å².